The van der Waals surface area contributed by atoms with Crippen LogP contribution in [0.1, 0.15) is 17.5 Å². The molecule has 5 heteroatoms. The first-order valence-corrected chi connectivity index (χ1v) is 8.09. The van der Waals surface area contributed by atoms with Crippen molar-refractivity contribution >= 4 is 12.4 Å². The second-order valence-corrected chi connectivity index (χ2v) is 6.21. The number of rotatable bonds is 5. The third-order valence-electron chi connectivity index (χ3n) is 4.67. The number of hydrogen-bond donors (Lipinski definition) is 1. The highest BCUT2D eigenvalue weighted by atomic mass is 35.5. The molecule has 124 valence electrons. The monoisotopic (exact) mass is 325 g/mol. The molecule has 1 aromatic rings. The zero-order chi connectivity index (χ0) is 14.5. The largest absolute Gasteiger partial charge is 0.380 e. The SMILES string of the molecule is COCc1cccc(CN2CCN(C3CCNC3)CC2)c1.Cl. The Hall–Kier alpha value is -0.650. The van der Waals surface area contributed by atoms with Crippen LogP contribution in [0.2, 0.25) is 0 Å². The minimum atomic E-state index is 0. The first-order valence-electron chi connectivity index (χ1n) is 8.09. The Labute approximate surface area is 140 Å². The van der Waals surface area contributed by atoms with Gasteiger partial charge in [0.2, 0.25) is 0 Å². The molecular formula is C17H28ClN3O. The lowest BCUT2D eigenvalue weighted by Crippen LogP contribution is -2.50. The Bertz CT molecular complexity index is 443. The highest BCUT2D eigenvalue weighted by molar-refractivity contribution is 5.85. The molecule has 1 aromatic carbocycles. The van der Waals surface area contributed by atoms with E-state index in [1.165, 1.54) is 56.8 Å². The lowest BCUT2D eigenvalue weighted by atomic mass is 10.1. The number of methoxy groups -OCH3 is 1. The molecular weight excluding hydrogens is 298 g/mol. The smallest absolute Gasteiger partial charge is 0.0713 e. The van der Waals surface area contributed by atoms with E-state index in [4.69, 9.17) is 4.74 Å². The molecule has 0 aliphatic carbocycles. The summed E-state index contributed by atoms with van der Waals surface area (Å²) in [5.41, 5.74) is 2.67. The molecule has 3 rings (SSSR count). The zero-order valence-corrected chi connectivity index (χ0v) is 14.3. The number of hydrogen-bond acceptors (Lipinski definition) is 4. The van der Waals surface area contributed by atoms with Gasteiger partial charge in [0.25, 0.3) is 0 Å². The number of piperazine rings is 1. The number of benzene rings is 1. The molecule has 0 aromatic heterocycles. The Morgan fingerprint density at radius 2 is 1.95 bits per heavy atom. The van der Waals surface area contributed by atoms with Crippen LogP contribution in [0.4, 0.5) is 0 Å². The molecule has 0 bridgehead atoms. The van der Waals surface area contributed by atoms with Crippen molar-refractivity contribution in [2.45, 2.75) is 25.6 Å². The van der Waals surface area contributed by atoms with Gasteiger partial charge in [-0.1, -0.05) is 24.3 Å². The van der Waals surface area contributed by atoms with Gasteiger partial charge >= 0.3 is 0 Å². The van der Waals surface area contributed by atoms with Crippen LogP contribution in [0.15, 0.2) is 24.3 Å². The fraction of sp³-hybridized carbons (Fsp3) is 0.647. The van der Waals surface area contributed by atoms with Crippen molar-refractivity contribution in [3.63, 3.8) is 0 Å². The van der Waals surface area contributed by atoms with Crippen molar-refractivity contribution in [1.29, 1.82) is 0 Å². The van der Waals surface area contributed by atoms with Crippen LogP contribution in [0.3, 0.4) is 0 Å². The summed E-state index contributed by atoms with van der Waals surface area (Å²) in [6, 6.07) is 9.56. The first kappa shape index (κ1) is 17.7. The maximum absolute atomic E-state index is 5.22. The second-order valence-electron chi connectivity index (χ2n) is 6.21. The maximum Gasteiger partial charge on any atom is 0.0713 e. The lowest BCUT2D eigenvalue weighted by Gasteiger charge is -2.37. The van der Waals surface area contributed by atoms with Crippen LogP contribution in [0.5, 0.6) is 0 Å². The van der Waals surface area contributed by atoms with Gasteiger partial charge in [-0.25, -0.2) is 0 Å². The Morgan fingerprint density at radius 3 is 2.64 bits per heavy atom. The Balaban J connectivity index is 0.00000176. The normalized spacial score (nSPS) is 23.4. The van der Waals surface area contributed by atoms with Crippen molar-refractivity contribution < 1.29 is 4.74 Å². The maximum atomic E-state index is 5.22. The summed E-state index contributed by atoms with van der Waals surface area (Å²) in [4.78, 5) is 5.24. The molecule has 0 amide bonds. The van der Waals surface area contributed by atoms with E-state index in [9.17, 15) is 0 Å². The predicted octanol–water partition coefficient (Wildman–Crippen LogP) is 1.73. The van der Waals surface area contributed by atoms with Crippen molar-refractivity contribution in [3.05, 3.63) is 35.4 Å². The third-order valence-corrected chi connectivity index (χ3v) is 4.67. The molecule has 0 spiro atoms. The van der Waals surface area contributed by atoms with E-state index >= 15 is 0 Å². The minimum absolute atomic E-state index is 0. The molecule has 2 aliphatic rings. The van der Waals surface area contributed by atoms with Gasteiger partial charge in [0, 0.05) is 52.4 Å². The van der Waals surface area contributed by atoms with Gasteiger partial charge in [-0.05, 0) is 24.1 Å². The van der Waals surface area contributed by atoms with Crippen LogP contribution < -0.4 is 5.32 Å². The van der Waals surface area contributed by atoms with E-state index < -0.39 is 0 Å². The molecule has 2 saturated heterocycles. The summed E-state index contributed by atoms with van der Waals surface area (Å²) in [6.07, 6.45) is 1.32. The molecule has 2 fully saturated rings. The Kier molecular flexibility index (Phi) is 7.12. The van der Waals surface area contributed by atoms with Gasteiger partial charge < -0.3 is 10.1 Å². The lowest BCUT2D eigenvalue weighted by molar-refractivity contribution is 0.0981. The average Bonchev–Trinajstić information content (AvgIpc) is 3.03. The van der Waals surface area contributed by atoms with Gasteiger partial charge in [0.1, 0.15) is 0 Å². The molecule has 1 N–H and O–H groups in total. The van der Waals surface area contributed by atoms with Crippen molar-refractivity contribution in [2.75, 3.05) is 46.4 Å². The predicted molar refractivity (Wildman–Crippen MR) is 92.5 cm³/mol. The number of nitrogens with zero attached hydrogens (tertiary/aromatic N) is 2. The number of halogens is 1. The third kappa shape index (κ3) is 4.67. The molecule has 1 unspecified atom stereocenters. The molecule has 4 nitrogen and oxygen atoms in total. The van der Waals surface area contributed by atoms with Crippen molar-refractivity contribution in [2.24, 2.45) is 0 Å². The Morgan fingerprint density at radius 1 is 1.18 bits per heavy atom. The van der Waals surface area contributed by atoms with Crippen LogP contribution in [0.25, 0.3) is 0 Å². The van der Waals surface area contributed by atoms with E-state index in [-0.39, 0.29) is 12.4 Å². The van der Waals surface area contributed by atoms with Gasteiger partial charge in [-0.2, -0.15) is 0 Å². The quantitative estimate of drug-likeness (QED) is 0.892. The van der Waals surface area contributed by atoms with Gasteiger partial charge in [-0.3, -0.25) is 9.80 Å². The molecule has 2 aliphatic heterocycles. The summed E-state index contributed by atoms with van der Waals surface area (Å²) in [7, 11) is 1.75. The van der Waals surface area contributed by atoms with E-state index in [2.05, 4.69) is 39.4 Å². The number of ether oxygens (including phenoxy) is 1. The van der Waals surface area contributed by atoms with Gasteiger partial charge in [-0.15, -0.1) is 12.4 Å². The highest BCUT2D eigenvalue weighted by Crippen LogP contribution is 2.15. The van der Waals surface area contributed by atoms with E-state index in [1.54, 1.807) is 7.11 Å². The molecule has 2 heterocycles. The molecule has 22 heavy (non-hydrogen) atoms. The van der Waals surface area contributed by atoms with E-state index in [1.807, 2.05) is 0 Å². The fourth-order valence-corrected chi connectivity index (χ4v) is 3.48. The van der Waals surface area contributed by atoms with Crippen molar-refractivity contribution in [1.82, 2.24) is 15.1 Å². The second kappa shape index (κ2) is 8.85. The summed E-state index contributed by atoms with van der Waals surface area (Å²) in [5, 5.41) is 3.47. The van der Waals surface area contributed by atoms with Crippen LogP contribution >= 0.6 is 12.4 Å². The standard InChI is InChI=1S/C17H27N3O.ClH/c1-21-14-16-4-2-3-15(11-16)13-19-7-9-20(10-8-19)17-5-6-18-12-17;/h2-4,11,17-18H,5-10,12-14H2,1H3;1H. The zero-order valence-electron chi connectivity index (χ0n) is 13.5. The van der Waals surface area contributed by atoms with Crippen molar-refractivity contribution in [3.8, 4) is 0 Å². The first-order chi connectivity index (χ1) is 10.3. The molecule has 0 radical (unpaired) electrons. The average molecular weight is 326 g/mol. The molecule has 1 atom stereocenters. The minimum Gasteiger partial charge on any atom is -0.380 e. The summed E-state index contributed by atoms with van der Waals surface area (Å²) >= 11 is 0. The van der Waals surface area contributed by atoms with Crippen LogP contribution in [-0.2, 0) is 17.9 Å². The molecule has 0 saturated carbocycles. The van der Waals surface area contributed by atoms with Crippen LogP contribution in [0, 0.1) is 0 Å². The van der Waals surface area contributed by atoms with E-state index in [0.717, 1.165) is 12.6 Å². The summed E-state index contributed by atoms with van der Waals surface area (Å²) < 4.78 is 5.22. The van der Waals surface area contributed by atoms with E-state index in [0.29, 0.717) is 6.61 Å². The van der Waals surface area contributed by atoms with Gasteiger partial charge in [0.05, 0.1) is 6.61 Å². The number of nitrogens with one attached hydrogen (secondary N) is 1. The summed E-state index contributed by atoms with van der Waals surface area (Å²) in [6.45, 7) is 8.94. The van der Waals surface area contributed by atoms with Crippen LogP contribution in [-0.4, -0.2) is 62.2 Å². The topological polar surface area (TPSA) is 27.7 Å². The highest BCUT2D eigenvalue weighted by Gasteiger charge is 2.25. The fourth-order valence-electron chi connectivity index (χ4n) is 3.48. The summed E-state index contributed by atoms with van der Waals surface area (Å²) in [5.74, 6) is 0. The van der Waals surface area contributed by atoms with Gasteiger partial charge in [0.15, 0.2) is 0 Å².